The van der Waals surface area contributed by atoms with E-state index in [2.05, 4.69) is 207 Å². The first kappa shape index (κ1) is 37.0. The lowest BCUT2D eigenvalue weighted by Gasteiger charge is -2.51. The fourth-order valence-electron chi connectivity index (χ4n) is 12.0. The third-order valence-corrected chi connectivity index (χ3v) is 16.3. The summed E-state index contributed by atoms with van der Waals surface area (Å²) in [5.74, 6) is 2.33. The quantitative estimate of drug-likeness (QED) is 0.177. The Hall–Kier alpha value is -7.41. The highest BCUT2D eigenvalue weighted by molar-refractivity contribution is 7.25. The van der Waals surface area contributed by atoms with Crippen LogP contribution in [-0.2, 0) is 10.8 Å². The van der Waals surface area contributed by atoms with E-state index >= 15 is 0 Å². The highest BCUT2D eigenvalue weighted by Crippen LogP contribution is 2.59. The molecular formula is C59H43N5S. The molecule has 0 saturated heterocycles. The summed E-state index contributed by atoms with van der Waals surface area (Å²) >= 11 is 1.82. The molecule has 0 saturated carbocycles. The van der Waals surface area contributed by atoms with E-state index in [0.29, 0.717) is 23.5 Å². The summed E-state index contributed by atoms with van der Waals surface area (Å²) in [6.07, 6.45) is 1.14. The first-order valence-corrected chi connectivity index (χ1v) is 23.6. The van der Waals surface area contributed by atoms with Gasteiger partial charge in [-0.05, 0) is 94.1 Å². The van der Waals surface area contributed by atoms with Gasteiger partial charge in [0.05, 0.1) is 27.8 Å². The average Bonchev–Trinajstić information content (AvgIpc) is 3.99. The highest BCUT2D eigenvalue weighted by atomic mass is 32.1. The van der Waals surface area contributed by atoms with Gasteiger partial charge in [-0.3, -0.25) is 4.57 Å². The zero-order valence-corrected chi connectivity index (χ0v) is 37.4. The van der Waals surface area contributed by atoms with Crippen molar-refractivity contribution < 1.29 is 0 Å². The highest BCUT2D eigenvalue weighted by Gasteiger charge is 2.50. The van der Waals surface area contributed by atoms with Crippen LogP contribution < -0.4 is 0 Å². The zero-order chi connectivity index (χ0) is 43.3. The SMILES string of the molecule is CC1CC(C)(C)c2cccc3c2C1(C)c1cccc2c4cc5c6ccccc6n(-c6nc(-c7ccc(-c8ccccc8)cc7)nc(-c7ccc8sc9ccccc9c8c7)n6)c5cc4n-3c12. The van der Waals surface area contributed by atoms with Crippen molar-refractivity contribution in [3.05, 3.63) is 187 Å². The third-order valence-electron chi connectivity index (χ3n) is 15.2. The van der Waals surface area contributed by atoms with E-state index < -0.39 is 0 Å². The van der Waals surface area contributed by atoms with E-state index in [4.69, 9.17) is 15.0 Å². The van der Waals surface area contributed by atoms with Crippen LogP contribution in [0, 0.1) is 5.92 Å². The second-order valence-corrected chi connectivity index (χ2v) is 20.3. The number of fused-ring (bicyclic) bond motifs is 11. The standard InChI is InChI=1S/C59H43N5S/c1-34-33-58(2,3)45-19-13-22-48-53(45)59(34,4)46-20-12-18-41-43-31-42-39-16-8-10-21-47(39)64(50(42)32-49(43)63(48)54(41)46)57-61-55(37-26-24-36(25-27-37)35-14-6-5-7-15-35)60-56(62-57)38-28-29-52-44(30-38)40-17-9-11-23-51(40)65-52/h5-32,34H,33H2,1-4H3. The number of nitrogens with zero attached hydrogens (tertiary/aromatic N) is 5. The van der Waals surface area contributed by atoms with Crippen LogP contribution >= 0.6 is 11.3 Å². The lowest BCUT2D eigenvalue weighted by Crippen LogP contribution is -2.45. The number of hydrogen-bond acceptors (Lipinski definition) is 4. The summed E-state index contributed by atoms with van der Waals surface area (Å²) in [5.41, 5.74) is 14.5. The molecule has 2 unspecified atom stereocenters. The maximum absolute atomic E-state index is 5.45. The van der Waals surface area contributed by atoms with Crippen molar-refractivity contribution in [3.8, 4) is 45.5 Å². The lowest BCUT2D eigenvalue weighted by atomic mass is 9.54. The van der Waals surface area contributed by atoms with Gasteiger partial charge in [0.25, 0.3) is 0 Å². The maximum atomic E-state index is 5.45. The van der Waals surface area contributed by atoms with E-state index in [1.54, 1.807) is 0 Å². The van der Waals surface area contributed by atoms with Gasteiger partial charge in [0.1, 0.15) is 0 Å². The molecule has 6 heteroatoms. The van der Waals surface area contributed by atoms with Gasteiger partial charge in [0.2, 0.25) is 5.95 Å². The Balaban J connectivity index is 1.05. The Bertz CT molecular complexity index is 3980. The van der Waals surface area contributed by atoms with Crippen LogP contribution in [0.25, 0.3) is 109 Å². The number of thiophene rings is 1. The summed E-state index contributed by atoms with van der Waals surface area (Å²) in [6.45, 7) is 9.84. The van der Waals surface area contributed by atoms with Crippen molar-refractivity contribution in [2.24, 2.45) is 5.92 Å². The van der Waals surface area contributed by atoms with Crippen LogP contribution in [0.5, 0.6) is 0 Å². The molecular weight excluding hydrogens is 811 g/mol. The van der Waals surface area contributed by atoms with Gasteiger partial charge in [0.15, 0.2) is 11.6 Å². The smallest absolute Gasteiger partial charge is 0.238 e. The van der Waals surface area contributed by atoms with Gasteiger partial charge in [-0.25, -0.2) is 4.98 Å². The number of hydrogen-bond donors (Lipinski definition) is 0. The number of benzene rings is 8. The number of rotatable bonds is 4. The molecule has 2 atom stereocenters. The first-order valence-electron chi connectivity index (χ1n) is 22.7. The molecule has 8 aromatic carbocycles. The molecule has 0 amide bonds. The van der Waals surface area contributed by atoms with Gasteiger partial charge in [-0.15, -0.1) is 11.3 Å². The molecule has 0 bridgehead atoms. The Morgan fingerprint density at radius 3 is 1.95 bits per heavy atom. The molecule has 12 aromatic rings. The third kappa shape index (κ3) is 5.06. The minimum atomic E-state index is -0.109. The zero-order valence-electron chi connectivity index (χ0n) is 36.6. The summed E-state index contributed by atoms with van der Waals surface area (Å²) in [4.78, 5) is 16.1. The van der Waals surface area contributed by atoms with E-state index in [-0.39, 0.29) is 10.8 Å². The Morgan fingerprint density at radius 1 is 0.477 bits per heavy atom. The van der Waals surface area contributed by atoms with Crippen LogP contribution in [0.15, 0.2) is 170 Å². The Labute approximate surface area is 380 Å². The lowest BCUT2D eigenvalue weighted by molar-refractivity contribution is 0.250. The van der Waals surface area contributed by atoms with Gasteiger partial charge in [-0.2, -0.15) is 9.97 Å². The molecule has 5 nitrogen and oxygen atoms in total. The second-order valence-electron chi connectivity index (χ2n) is 19.2. The topological polar surface area (TPSA) is 48.5 Å². The fourth-order valence-corrected chi connectivity index (χ4v) is 13.1. The van der Waals surface area contributed by atoms with Gasteiger partial charge < -0.3 is 4.57 Å². The van der Waals surface area contributed by atoms with E-state index in [0.717, 1.165) is 34.1 Å². The van der Waals surface area contributed by atoms with Crippen LogP contribution in [-0.4, -0.2) is 24.1 Å². The second kappa shape index (κ2) is 13.1. The van der Waals surface area contributed by atoms with Crippen molar-refractivity contribution in [2.45, 2.75) is 44.9 Å². The van der Waals surface area contributed by atoms with E-state index in [9.17, 15) is 0 Å². The van der Waals surface area contributed by atoms with Crippen molar-refractivity contribution in [3.63, 3.8) is 0 Å². The molecule has 0 spiro atoms. The van der Waals surface area contributed by atoms with Crippen molar-refractivity contribution in [2.75, 3.05) is 0 Å². The molecule has 14 rings (SSSR count). The molecule has 1 aliphatic carbocycles. The van der Waals surface area contributed by atoms with Crippen molar-refractivity contribution in [1.29, 1.82) is 0 Å². The molecule has 0 radical (unpaired) electrons. The van der Waals surface area contributed by atoms with Crippen molar-refractivity contribution >= 4 is 75.1 Å². The summed E-state index contributed by atoms with van der Waals surface area (Å²) in [7, 11) is 0. The number of para-hydroxylation sites is 2. The predicted molar refractivity (Wildman–Crippen MR) is 271 cm³/mol. The van der Waals surface area contributed by atoms with Crippen LogP contribution in [0.2, 0.25) is 0 Å². The molecule has 310 valence electrons. The summed E-state index contributed by atoms with van der Waals surface area (Å²) in [5, 5.41) is 7.36. The molecule has 2 aliphatic rings. The van der Waals surface area contributed by atoms with Gasteiger partial charge in [-0.1, -0.05) is 149 Å². The fraction of sp³-hybridized carbons (Fsp3) is 0.136. The molecule has 1 aliphatic heterocycles. The maximum Gasteiger partial charge on any atom is 0.238 e. The first-order chi connectivity index (χ1) is 31.7. The summed E-state index contributed by atoms with van der Waals surface area (Å²) in [6, 6.07) is 62.0. The predicted octanol–water partition coefficient (Wildman–Crippen LogP) is 15.4. The molecule has 0 N–H and O–H groups in total. The molecule has 5 heterocycles. The minimum absolute atomic E-state index is 0.0648. The summed E-state index contributed by atoms with van der Waals surface area (Å²) < 4.78 is 7.38. The monoisotopic (exact) mass is 853 g/mol. The van der Waals surface area contributed by atoms with Gasteiger partial charge >= 0.3 is 0 Å². The van der Waals surface area contributed by atoms with Gasteiger partial charge in [0, 0.05) is 58.3 Å². The van der Waals surface area contributed by atoms with E-state index in [1.165, 1.54) is 80.7 Å². The van der Waals surface area contributed by atoms with Crippen LogP contribution in [0.1, 0.15) is 50.8 Å². The minimum Gasteiger partial charge on any atom is -0.309 e. The largest absolute Gasteiger partial charge is 0.309 e. The van der Waals surface area contributed by atoms with Crippen LogP contribution in [0.3, 0.4) is 0 Å². The molecule has 4 aromatic heterocycles. The number of aromatic nitrogens is 5. The van der Waals surface area contributed by atoms with Crippen LogP contribution in [0.4, 0.5) is 0 Å². The van der Waals surface area contributed by atoms with E-state index in [1.807, 2.05) is 11.3 Å². The van der Waals surface area contributed by atoms with Crippen molar-refractivity contribution in [1.82, 2.24) is 24.1 Å². The molecule has 65 heavy (non-hydrogen) atoms. The Kier molecular flexibility index (Phi) is 7.45. The molecule has 0 fully saturated rings. The Morgan fingerprint density at radius 2 is 1.11 bits per heavy atom. The normalized spacial score (nSPS) is 17.5. The average molecular weight is 854 g/mol.